The Labute approximate surface area is 102 Å². The molecule has 1 atom stereocenters. The summed E-state index contributed by atoms with van der Waals surface area (Å²) < 4.78 is 0. The minimum Gasteiger partial charge on any atom is -0.480 e. The van der Waals surface area contributed by atoms with Crippen molar-refractivity contribution in [2.75, 3.05) is 13.6 Å². The molecule has 0 aromatic heterocycles. The predicted octanol–water partition coefficient (Wildman–Crippen LogP) is 0.527. The normalized spacial score (nSPS) is 19.4. The second kappa shape index (κ2) is 6.12. The third-order valence-electron chi connectivity index (χ3n) is 3.69. The topological polar surface area (TPSA) is 92.4 Å². The molecule has 0 aliphatic heterocycles. The molecular formula is C12H22N2O3. The van der Waals surface area contributed by atoms with Gasteiger partial charge in [0.2, 0.25) is 0 Å². The van der Waals surface area contributed by atoms with E-state index in [1.54, 1.807) is 7.05 Å². The minimum absolute atomic E-state index is 0.0728. The van der Waals surface area contributed by atoms with E-state index in [0.29, 0.717) is 19.4 Å². The van der Waals surface area contributed by atoms with Crippen LogP contribution >= 0.6 is 0 Å². The summed E-state index contributed by atoms with van der Waals surface area (Å²) in [6, 6.07) is 0. The second-order valence-corrected chi connectivity index (χ2v) is 4.70. The van der Waals surface area contributed by atoms with Crippen LogP contribution in [0.15, 0.2) is 0 Å². The highest BCUT2D eigenvalue weighted by molar-refractivity contribution is 6.09. The number of aliphatic carboxylic acids is 1. The number of carbonyl (C=O) groups excluding carboxylic acids is 1. The molecular weight excluding hydrogens is 220 g/mol. The Hall–Kier alpha value is -0.940. The fourth-order valence-electron chi connectivity index (χ4n) is 2.24. The van der Waals surface area contributed by atoms with Crippen molar-refractivity contribution in [3.63, 3.8) is 0 Å². The number of carbonyl (C=O) groups is 2. The molecule has 5 heteroatoms. The first-order valence-electron chi connectivity index (χ1n) is 6.25. The molecule has 1 rings (SSSR count). The van der Waals surface area contributed by atoms with Gasteiger partial charge in [0.05, 0.1) is 0 Å². The van der Waals surface area contributed by atoms with Gasteiger partial charge in [-0.05, 0) is 45.7 Å². The Kier molecular flexibility index (Phi) is 5.08. The zero-order chi connectivity index (χ0) is 12.9. The van der Waals surface area contributed by atoms with Crippen LogP contribution in [0.2, 0.25) is 0 Å². The van der Waals surface area contributed by atoms with Crippen LogP contribution in [0, 0.1) is 5.92 Å². The minimum atomic E-state index is -1.40. The quantitative estimate of drug-likeness (QED) is 0.426. The van der Waals surface area contributed by atoms with Crippen molar-refractivity contribution >= 4 is 11.8 Å². The molecule has 1 aliphatic carbocycles. The summed E-state index contributed by atoms with van der Waals surface area (Å²) in [6.45, 7) is 0.525. The Morgan fingerprint density at radius 1 is 1.41 bits per heavy atom. The van der Waals surface area contributed by atoms with Crippen LogP contribution < -0.4 is 11.1 Å². The summed E-state index contributed by atoms with van der Waals surface area (Å²) in [5.41, 5.74) is 3.99. The van der Waals surface area contributed by atoms with Crippen molar-refractivity contribution < 1.29 is 14.7 Å². The number of Topliss-reactive ketones (excluding diaryl/α,β-unsaturated/α-hetero) is 1. The lowest BCUT2D eigenvalue weighted by Gasteiger charge is -2.34. The summed E-state index contributed by atoms with van der Waals surface area (Å²) >= 11 is 0. The molecule has 0 amide bonds. The van der Waals surface area contributed by atoms with Crippen LogP contribution in [-0.2, 0) is 9.59 Å². The highest BCUT2D eigenvalue weighted by atomic mass is 16.4. The summed E-state index contributed by atoms with van der Waals surface area (Å²) in [6.07, 6.45) is 4.40. The number of nitrogens with one attached hydrogen (secondary N) is 1. The highest BCUT2D eigenvalue weighted by Crippen LogP contribution is 2.32. The monoisotopic (exact) mass is 242 g/mol. The first kappa shape index (κ1) is 14.1. The summed E-state index contributed by atoms with van der Waals surface area (Å²) in [4.78, 5) is 23.7. The number of rotatable bonds is 8. The molecule has 1 saturated carbocycles. The molecule has 0 bridgehead atoms. The average molecular weight is 242 g/mol. The zero-order valence-corrected chi connectivity index (χ0v) is 10.4. The van der Waals surface area contributed by atoms with E-state index in [1.807, 2.05) is 0 Å². The smallest absolute Gasteiger partial charge is 0.331 e. The maximum atomic E-state index is 12.2. The van der Waals surface area contributed by atoms with Crippen LogP contribution in [-0.4, -0.2) is 36.0 Å². The van der Waals surface area contributed by atoms with Crippen molar-refractivity contribution in [1.82, 2.24) is 5.32 Å². The van der Waals surface area contributed by atoms with E-state index in [-0.39, 0.29) is 11.7 Å². The number of ketones is 1. The van der Waals surface area contributed by atoms with Gasteiger partial charge in [-0.25, -0.2) is 4.79 Å². The van der Waals surface area contributed by atoms with E-state index >= 15 is 0 Å². The van der Waals surface area contributed by atoms with Crippen LogP contribution in [0.1, 0.15) is 38.5 Å². The van der Waals surface area contributed by atoms with Gasteiger partial charge in [0.1, 0.15) is 0 Å². The van der Waals surface area contributed by atoms with Crippen LogP contribution in [0.25, 0.3) is 0 Å². The maximum Gasteiger partial charge on any atom is 0.331 e. The lowest BCUT2D eigenvalue weighted by molar-refractivity contribution is -0.152. The fraction of sp³-hybridized carbons (Fsp3) is 0.833. The van der Waals surface area contributed by atoms with Gasteiger partial charge in [-0.1, -0.05) is 6.42 Å². The van der Waals surface area contributed by atoms with Gasteiger partial charge in [-0.15, -0.1) is 0 Å². The number of carboxylic acids is 1. The Morgan fingerprint density at radius 2 is 2.06 bits per heavy atom. The second-order valence-electron chi connectivity index (χ2n) is 4.70. The third-order valence-corrected chi connectivity index (χ3v) is 3.69. The molecule has 4 N–H and O–H groups in total. The van der Waals surface area contributed by atoms with Gasteiger partial charge in [0.25, 0.3) is 0 Å². The molecule has 1 fully saturated rings. The summed E-state index contributed by atoms with van der Waals surface area (Å²) in [7, 11) is 1.55. The number of hydrogen-bond acceptors (Lipinski definition) is 4. The van der Waals surface area contributed by atoms with E-state index in [9.17, 15) is 14.7 Å². The van der Waals surface area contributed by atoms with E-state index in [1.165, 1.54) is 0 Å². The molecule has 5 nitrogen and oxygen atoms in total. The lowest BCUT2D eigenvalue weighted by atomic mass is 9.73. The third kappa shape index (κ3) is 2.84. The molecule has 17 heavy (non-hydrogen) atoms. The van der Waals surface area contributed by atoms with Gasteiger partial charge < -0.3 is 10.8 Å². The summed E-state index contributed by atoms with van der Waals surface area (Å²) in [5.74, 6) is -1.29. The lowest BCUT2D eigenvalue weighted by Crippen LogP contribution is -2.59. The van der Waals surface area contributed by atoms with Crippen LogP contribution in [0.3, 0.4) is 0 Å². The average Bonchev–Trinajstić information content (AvgIpc) is 2.21. The van der Waals surface area contributed by atoms with Gasteiger partial charge >= 0.3 is 5.97 Å². The number of carboxylic acid groups (broad SMARTS) is 1. The highest BCUT2D eigenvalue weighted by Gasteiger charge is 2.48. The van der Waals surface area contributed by atoms with Gasteiger partial charge in [-0.2, -0.15) is 0 Å². The van der Waals surface area contributed by atoms with Gasteiger partial charge in [0, 0.05) is 5.92 Å². The van der Waals surface area contributed by atoms with Crippen molar-refractivity contribution in [3.8, 4) is 0 Å². The van der Waals surface area contributed by atoms with Crippen molar-refractivity contribution in [2.24, 2.45) is 11.7 Å². The number of unbranched alkanes of at least 4 members (excludes halogenated alkanes) is 1. The van der Waals surface area contributed by atoms with E-state index < -0.39 is 11.5 Å². The van der Waals surface area contributed by atoms with Crippen molar-refractivity contribution in [3.05, 3.63) is 0 Å². The summed E-state index contributed by atoms with van der Waals surface area (Å²) in [5, 5.41) is 12.1. The molecule has 0 spiro atoms. The Balaban J connectivity index is 2.75. The predicted molar refractivity (Wildman–Crippen MR) is 64.7 cm³/mol. The fourth-order valence-corrected chi connectivity index (χ4v) is 2.24. The van der Waals surface area contributed by atoms with Crippen molar-refractivity contribution in [1.29, 1.82) is 0 Å². The number of likely N-dealkylation sites (N-methyl/N-ethyl adjacent to an activating group) is 1. The molecule has 0 unspecified atom stereocenters. The van der Waals surface area contributed by atoms with E-state index in [4.69, 9.17) is 5.73 Å². The van der Waals surface area contributed by atoms with Crippen LogP contribution in [0.5, 0.6) is 0 Å². The molecule has 0 aromatic rings. The molecule has 0 radical (unpaired) electrons. The SMILES string of the molecule is CN[C@@](CCCCN)(C(=O)O)C(=O)C1CCC1. The standard InChI is InChI=1S/C12H22N2O3/c1-14-12(11(16)17,7-2-3-8-13)10(15)9-5-4-6-9/h9,14H,2-8,13H2,1H3,(H,16,17)/t12-/m1/s1. The van der Waals surface area contributed by atoms with Gasteiger partial charge in [0.15, 0.2) is 11.3 Å². The van der Waals surface area contributed by atoms with E-state index in [0.717, 1.165) is 25.7 Å². The van der Waals surface area contributed by atoms with Crippen LogP contribution in [0.4, 0.5) is 0 Å². The first-order valence-corrected chi connectivity index (χ1v) is 6.25. The largest absolute Gasteiger partial charge is 0.480 e. The molecule has 0 saturated heterocycles. The number of nitrogens with two attached hydrogens (primary N) is 1. The number of hydrogen-bond donors (Lipinski definition) is 3. The molecule has 1 aliphatic rings. The van der Waals surface area contributed by atoms with Gasteiger partial charge in [-0.3, -0.25) is 10.1 Å². The molecule has 0 heterocycles. The molecule has 0 aromatic carbocycles. The van der Waals surface area contributed by atoms with E-state index in [2.05, 4.69) is 5.32 Å². The first-order chi connectivity index (χ1) is 8.08. The maximum absolute atomic E-state index is 12.2. The van der Waals surface area contributed by atoms with Crippen molar-refractivity contribution in [2.45, 2.75) is 44.1 Å². The zero-order valence-electron chi connectivity index (χ0n) is 10.4. The molecule has 98 valence electrons. The Bertz CT molecular complexity index is 289. The Morgan fingerprint density at radius 3 is 2.41 bits per heavy atom.